The molecule has 0 bridgehead atoms. The highest BCUT2D eigenvalue weighted by Crippen LogP contribution is 2.34. The minimum atomic E-state index is -1.11. The number of aliphatic hydroxyl groups is 2. The Morgan fingerprint density at radius 3 is 2.90 bits per heavy atom. The zero-order valence-corrected chi connectivity index (χ0v) is 16.9. The third-order valence-electron chi connectivity index (χ3n) is 5.27. The first kappa shape index (κ1) is 19.6. The quantitative estimate of drug-likeness (QED) is 0.484. The van der Waals surface area contributed by atoms with Gasteiger partial charge in [-0.15, -0.1) is 11.8 Å². The summed E-state index contributed by atoms with van der Waals surface area (Å²) < 4.78 is 13.1. The van der Waals surface area contributed by atoms with Crippen LogP contribution in [-0.4, -0.2) is 78.0 Å². The molecule has 10 nitrogen and oxygen atoms in total. The van der Waals surface area contributed by atoms with E-state index in [0.717, 1.165) is 18.1 Å². The van der Waals surface area contributed by atoms with Gasteiger partial charge in [0.25, 0.3) is 0 Å². The van der Waals surface area contributed by atoms with E-state index in [1.807, 2.05) is 18.2 Å². The van der Waals surface area contributed by atoms with Gasteiger partial charge in [-0.2, -0.15) is 0 Å². The van der Waals surface area contributed by atoms with Crippen molar-refractivity contribution in [1.29, 1.82) is 0 Å². The molecule has 2 fully saturated rings. The standard InChI is InChI=1S/C19H22N6O4S/c26-15-12(8-30-13-3-1-2-5-20-13)29-19(16(15)27)25-10-23-14-17(21-9-22-18(14)25)24-11-4-6-28-7-11/h1-3,5,9-12,15-16,19,26-27H,4,6-8H2,(H,21,22,24)/t11-,12-,15-,16-,19?/m1/s1. The van der Waals surface area contributed by atoms with Crippen LogP contribution in [0.5, 0.6) is 0 Å². The highest BCUT2D eigenvalue weighted by Gasteiger charge is 2.44. The van der Waals surface area contributed by atoms with Crippen LogP contribution in [0.4, 0.5) is 5.82 Å². The smallest absolute Gasteiger partial charge is 0.167 e. The van der Waals surface area contributed by atoms with Gasteiger partial charge < -0.3 is 25.0 Å². The molecule has 11 heteroatoms. The van der Waals surface area contributed by atoms with Crippen LogP contribution in [0.25, 0.3) is 11.2 Å². The molecule has 5 heterocycles. The zero-order valence-electron chi connectivity index (χ0n) is 16.0. The summed E-state index contributed by atoms with van der Waals surface area (Å²) in [6.45, 7) is 1.34. The number of thioether (sulfide) groups is 1. The number of pyridine rings is 1. The minimum Gasteiger partial charge on any atom is -0.387 e. The lowest BCUT2D eigenvalue weighted by Gasteiger charge is -2.17. The average Bonchev–Trinajstić information content (AvgIpc) is 3.49. The van der Waals surface area contributed by atoms with E-state index in [2.05, 4.69) is 25.3 Å². The molecular formula is C19H22N6O4S. The van der Waals surface area contributed by atoms with Gasteiger partial charge in [-0.3, -0.25) is 4.57 Å². The van der Waals surface area contributed by atoms with Crippen molar-refractivity contribution in [2.45, 2.75) is 42.0 Å². The average molecular weight is 430 g/mol. The summed E-state index contributed by atoms with van der Waals surface area (Å²) in [5.41, 5.74) is 1.11. The van der Waals surface area contributed by atoms with Crippen LogP contribution in [0.3, 0.4) is 0 Å². The molecule has 0 aromatic carbocycles. The maximum atomic E-state index is 10.6. The Labute approximate surface area is 176 Å². The Bertz CT molecular complexity index is 999. The van der Waals surface area contributed by atoms with Crippen LogP contribution >= 0.6 is 11.8 Å². The predicted molar refractivity (Wildman–Crippen MR) is 109 cm³/mol. The number of anilines is 1. The van der Waals surface area contributed by atoms with E-state index in [1.165, 1.54) is 18.1 Å². The summed E-state index contributed by atoms with van der Waals surface area (Å²) in [6, 6.07) is 5.82. The summed E-state index contributed by atoms with van der Waals surface area (Å²) in [5, 5.41) is 25.3. The molecule has 2 aliphatic rings. The lowest BCUT2D eigenvalue weighted by molar-refractivity contribution is -0.0289. The Kier molecular flexibility index (Phi) is 5.52. The molecule has 0 saturated carbocycles. The van der Waals surface area contributed by atoms with Crippen molar-refractivity contribution >= 4 is 28.7 Å². The molecule has 0 aliphatic carbocycles. The summed E-state index contributed by atoms with van der Waals surface area (Å²) in [6.07, 6.45) is 2.15. The maximum Gasteiger partial charge on any atom is 0.167 e. The summed E-state index contributed by atoms with van der Waals surface area (Å²) in [4.78, 5) is 17.3. The molecule has 3 aromatic rings. The Morgan fingerprint density at radius 1 is 1.17 bits per heavy atom. The van der Waals surface area contributed by atoms with Crippen LogP contribution in [0.15, 0.2) is 42.1 Å². The van der Waals surface area contributed by atoms with E-state index in [1.54, 1.807) is 17.1 Å². The van der Waals surface area contributed by atoms with E-state index in [-0.39, 0.29) is 6.04 Å². The zero-order chi connectivity index (χ0) is 20.5. The molecule has 5 atom stereocenters. The van der Waals surface area contributed by atoms with Gasteiger partial charge in [-0.1, -0.05) is 6.07 Å². The van der Waals surface area contributed by atoms with E-state index >= 15 is 0 Å². The lowest BCUT2D eigenvalue weighted by atomic mass is 10.1. The van der Waals surface area contributed by atoms with Crippen molar-refractivity contribution in [2.75, 3.05) is 24.3 Å². The fourth-order valence-electron chi connectivity index (χ4n) is 3.68. The second kappa shape index (κ2) is 8.44. The monoisotopic (exact) mass is 430 g/mol. The van der Waals surface area contributed by atoms with E-state index < -0.39 is 24.5 Å². The van der Waals surface area contributed by atoms with Gasteiger partial charge in [-0.05, 0) is 18.6 Å². The maximum absolute atomic E-state index is 10.6. The first-order valence-electron chi connectivity index (χ1n) is 9.78. The molecule has 3 aromatic heterocycles. The van der Waals surface area contributed by atoms with Crippen molar-refractivity contribution in [1.82, 2.24) is 24.5 Å². The number of aromatic nitrogens is 5. The fraction of sp³-hybridized carbons (Fsp3) is 0.474. The third-order valence-corrected chi connectivity index (χ3v) is 6.31. The second-order valence-corrected chi connectivity index (χ2v) is 8.32. The molecule has 1 unspecified atom stereocenters. The molecule has 0 amide bonds. The number of imidazole rings is 1. The SMILES string of the molecule is O[C@@H]1[C@@H](CSc2ccccn2)OC(n2cnc3c(N[C@@H]4CCOC4)ncnc32)[C@@H]1O. The van der Waals surface area contributed by atoms with Crippen LogP contribution < -0.4 is 5.32 Å². The molecule has 30 heavy (non-hydrogen) atoms. The van der Waals surface area contributed by atoms with E-state index in [4.69, 9.17) is 9.47 Å². The van der Waals surface area contributed by atoms with Crippen LogP contribution in [-0.2, 0) is 9.47 Å². The highest BCUT2D eigenvalue weighted by molar-refractivity contribution is 7.99. The Balaban J connectivity index is 1.34. The number of fused-ring (bicyclic) bond motifs is 1. The van der Waals surface area contributed by atoms with Crippen LogP contribution in [0.1, 0.15) is 12.6 Å². The van der Waals surface area contributed by atoms with Crippen molar-refractivity contribution in [3.63, 3.8) is 0 Å². The van der Waals surface area contributed by atoms with Crippen LogP contribution in [0.2, 0.25) is 0 Å². The largest absolute Gasteiger partial charge is 0.387 e. The first-order chi connectivity index (χ1) is 14.7. The molecule has 5 rings (SSSR count). The van der Waals surface area contributed by atoms with Crippen molar-refractivity contribution in [3.05, 3.63) is 37.1 Å². The van der Waals surface area contributed by atoms with E-state index in [9.17, 15) is 10.2 Å². The van der Waals surface area contributed by atoms with Crippen molar-refractivity contribution in [3.8, 4) is 0 Å². The van der Waals surface area contributed by atoms with Gasteiger partial charge in [0.2, 0.25) is 0 Å². The lowest BCUT2D eigenvalue weighted by Crippen LogP contribution is -2.32. The molecule has 3 N–H and O–H groups in total. The van der Waals surface area contributed by atoms with Gasteiger partial charge in [0.1, 0.15) is 18.5 Å². The Hall–Kier alpha value is -2.31. The van der Waals surface area contributed by atoms with Gasteiger partial charge in [0.05, 0.1) is 30.1 Å². The second-order valence-electron chi connectivity index (χ2n) is 7.28. The third kappa shape index (κ3) is 3.74. The number of aliphatic hydroxyl groups excluding tert-OH is 2. The first-order valence-corrected chi connectivity index (χ1v) is 10.8. The fourth-order valence-corrected chi connectivity index (χ4v) is 4.60. The number of nitrogens with zero attached hydrogens (tertiary/aromatic N) is 5. The molecule has 0 radical (unpaired) electrons. The van der Waals surface area contributed by atoms with Crippen molar-refractivity contribution < 1.29 is 19.7 Å². The number of nitrogens with one attached hydrogen (secondary N) is 1. The van der Waals surface area contributed by atoms with Gasteiger partial charge in [-0.25, -0.2) is 19.9 Å². The number of hydrogen-bond donors (Lipinski definition) is 3. The Morgan fingerprint density at radius 2 is 2.10 bits per heavy atom. The summed E-state index contributed by atoms with van der Waals surface area (Å²) >= 11 is 1.47. The molecule has 2 saturated heterocycles. The molecule has 0 spiro atoms. The van der Waals surface area contributed by atoms with Gasteiger partial charge in [0.15, 0.2) is 23.2 Å². The minimum absolute atomic E-state index is 0.177. The predicted octanol–water partition coefficient (Wildman–Crippen LogP) is 0.834. The molecule has 2 aliphatic heterocycles. The summed E-state index contributed by atoms with van der Waals surface area (Å²) in [7, 11) is 0. The number of hydrogen-bond acceptors (Lipinski definition) is 10. The normalized spacial score (nSPS) is 28.9. The topological polar surface area (TPSA) is 127 Å². The number of ether oxygens (including phenoxy) is 2. The van der Waals surface area contributed by atoms with E-state index in [0.29, 0.717) is 29.3 Å². The van der Waals surface area contributed by atoms with Gasteiger partial charge >= 0.3 is 0 Å². The molecular weight excluding hydrogens is 408 g/mol. The van der Waals surface area contributed by atoms with Gasteiger partial charge in [0, 0.05) is 18.6 Å². The summed E-state index contributed by atoms with van der Waals surface area (Å²) in [5.74, 6) is 1.08. The number of rotatable bonds is 6. The highest BCUT2D eigenvalue weighted by atomic mass is 32.2. The molecule has 158 valence electrons. The van der Waals surface area contributed by atoms with Crippen LogP contribution in [0, 0.1) is 0 Å². The van der Waals surface area contributed by atoms with Crippen molar-refractivity contribution in [2.24, 2.45) is 0 Å².